The summed E-state index contributed by atoms with van der Waals surface area (Å²) in [5.74, 6) is 0. The third-order valence-corrected chi connectivity index (χ3v) is 2.02. The Hall–Kier alpha value is 0.01000. The lowest BCUT2D eigenvalue weighted by Crippen LogP contribution is -2.30. The van der Waals surface area contributed by atoms with Crippen LogP contribution in [0.4, 0.5) is 0 Å². The van der Waals surface area contributed by atoms with E-state index in [4.69, 9.17) is 0 Å². The van der Waals surface area contributed by atoms with Crippen LogP contribution in [0.1, 0.15) is 20.3 Å². The van der Waals surface area contributed by atoms with Gasteiger partial charge in [0, 0.05) is 6.04 Å². The highest BCUT2D eigenvalue weighted by Crippen LogP contribution is 1.92. The van der Waals surface area contributed by atoms with E-state index in [1.54, 1.807) is 0 Å². The molecule has 54 valence electrons. The van der Waals surface area contributed by atoms with Crippen molar-refractivity contribution < 1.29 is 4.55 Å². The van der Waals surface area contributed by atoms with E-state index in [-0.39, 0.29) is 0 Å². The van der Waals surface area contributed by atoms with E-state index in [9.17, 15) is 4.55 Å². The van der Waals surface area contributed by atoms with Crippen molar-refractivity contribution in [3.63, 3.8) is 0 Å². The van der Waals surface area contributed by atoms with Crippen LogP contribution in [0, 0.1) is 0 Å². The predicted molar refractivity (Wildman–Crippen MR) is 41.2 cm³/mol. The fraction of sp³-hybridized carbons (Fsp3) is 0.667. The van der Waals surface area contributed by atoms with Gasteiger partial charge >= 0.3 is 0 Å². The minimum absolute atomic E-state index is 0.309. The molecule has 0 aromatic rings. The molecular weight excluding hydrogens is 134 g/mol. The Labute approximate surface area is 59.7 Å². The summed E-state index contributed by atoms with van der Waals surface area (Å²) >= 11 is -1.04. The Balaban J connectivity index is 3.33. The van der Waals surface area contributed by atoms with Gasteiger partial charge in [0.2, 0.25) is 0 Å². The molecule has 0 bridgehead atoms. The lowest BCUT2D eigenvalue weighted by atomic mass is 10.3. The molecule has 1 N–H and O–H groups in total. The monoisotopic (exact) mass is 147 g/mol. The van der Waals surface area contributed by atoms with Crippen molar-refractivity contribution in [1.82, 2.24) is 4.72 Å². The summed E-state index contributed by atoms with van der Waals surface area (Å²) in [6, 6.07) is 0.309. The highest BCUT2D eigenvalue weighted by molar-refractivity contribution is 7.92. The number of hydrogen-bond acceptors (Lipinski definition) is 2. The molecule has 0 aromatic heterocycles. The van der Waals surface area contributed by atoms with Crippen molar-refractivity contribution in [1.29, 1.82) is 0 Å². The summed E-state index contributed by atoms with van der Waals surface area (Å²) < 4.78 is 13.5. The zero-order valence-electron chi connectivity index (χ0n) is 5.89. The Morgan fingerprint density at radius 2 is 2.44 bits per heavy atom. The summed E-state index contributed by atoms with van der Waals surface area (Å²) in [7, 11) is 0. The lowest BCUT2D eigenvalue weighted by Gasteiger charge is -2.10. The first kappa shape index (κ1) is 9.01. The fourth-order valence-corrected chi connectivity index (χ4v) is 0.989. The van der Waals surface area contributed by atoms with Crippen molar-refractivity contribution in [3.05, 3.63) is 12.0 Å². The van der Waals surface area contributed by atoms with Crippen LogP contribution in [-0.2, 0) is 11.4 Å². The summed E-state index contributed by atoms with van der Waals surface area (Å²) in [6.07, 6.45) is 0.986. The first-order valence-electron chi connectivity index (χ1n) is 3.00. The molecule has 0 aliphatic carbocycles. The van der Waals surface area contributed by atoms with Gasteiger partial charge in [0.15, 0.2) is 0 Å². The minimum atomic E-state index is -1.04. The maximum absolute atomic E-state index is 10.7. The standard InChI is InChI=1S/C6H13NOS/c1-4-6(3)7-9(8)5-2/h5-7H,2,4H2,1,3H3. The Kier molecular flexibility index (Phi) is 4.85. The van der Waals surface area contributed by atoms with E-state index >= 15 is 0 Å². The molecule has 2 atom stereocenters. The Morgan fingerprint density at radius 1 is 1.89 bits per heavy atom. The molecule has 0 spiro atoms. The highest BCUT2D eigenvalue weighted by atomic mass is 32.2. The summed E-state index contributed by atoms with van der Waals surface area (Å²) in [5.41, 5.74) is 0. The van der Waals surface area contributed by atoms with Gasteiger partial charge in [-0.15, -0.1) is 4.72 Å². The minimum Gasteiger partial charge on any atom is -0.593 e. The molecule has 0 aliphatic heterocycles. The molecule has 0 amide bonds. The predicted octanol–water partition coefficient (Wildman–Crippen LogP) is 1.18. The van der Waals surface area contributed by atoms with Crippen molar-refractivity contribution in [3.8, 4) is 0 Å². The molecule has 0 saturated carbocycles. The molecule has 0 heterocycles. The highest BCUT2D eigenvalue weighted by Gasteiger charge is 2.04. The SMILES string of the molecule is C=C[S+]([O-])NC(C)CC. The largest absolute Gasteiger partial charge is 0.593 e. The van der Waals surface area contributed by atoms with Gasteiger partial charge < -0.3 is 4.55 Å². The summed E-state index contributed by atoms with van der Waals surface area (Å²) in [5, 5.41) is 1.40. The smallest absolute Gasteiger partial charge is 0.131 e. The van der Waals surface area contributed by atoms with Crippen molar-refractivity contribution in [2.24, 2.45) is 0 Å². The maximum atomic E-state index is 10.7. The lowest BCUT2D eigenvalue weighted by molar-refractivity contribution is 0.563. The quantitative estimate of drug-likeness (QED) is 0.606. The maximum Gasteiger partial charge on any atom is 0.131 e. The summed E-state index contributed by atoms with van der Waals surface area (Å²) in [6.45, 7) is 7.41. The average Bonchev–Trinajstić information content (AvgIpc) is 1.87. The molecule has 0 aliphatic rings. The van der Waals surface area contributed by atoms with Gasteiger partial charge in [-0.1, -0.05) is 6.92 Å². The van der Waals surface area contributed by atoms with Crippen LogP contribution in [0.3, 0.4) is 0 Å². The molecule has 0 rings (SSSR count). The zero-order valence-corrected chi connectivity index (χ0v) is 6.70. The van der Waals surface area contributed by atoms with Gasteiger partial charge in [0.25, 0.3) is 0 Å². The zero-order chi connectivity index (χ0) is 7.28. The fourth-order valence-electron chi connectivity index (χ4n) is 0.330. The molecular formula is C6H13NOS. The van der Waals surface area contributed by atoms with Crippen molar-refractivity contribution >= 4 is 11.4 Å². The molecule has 2 unspecified atom stereocenters. The van der Waals surface area contributed by atoms with Crippen molar-refractivity contribution in [2.45, 2.75) is 26.3 Å². The van der Waals surface area contributed by atoms with E-state index in [0.717, 1.165) is 6.42 Å². The van der Waals surface area contributed by atoms with Gasteiger partial charge in [-0.25, -0.2) is 0 Å². The van der Waals surface area contributed by atoms with Crippen molar-refractivity contribution in [2.75, 3.05) is 0 Å². The van der Waals surface area contributed by atoms with Gasteiger partial charge in [-0.3, -0.25) is 0 Å². The third-order valence-electron chi connectivity index (χ3n) is 1.08. The van der Waals surface area contributed by atoms with Crippen LogP contribution < -0.4 is 4.72 Å². The third kappa shape index (κ3) is 4.51. The van der Waals surface area contributed by atoms with Gasteiger partial charge in [-0.2, -0.15) is 0 Å². The van der Waals surface area contributed by atoms with E-state index in [2.05, 4.69) is 11.3 Å². The molecule has 0 saturated heterocycles. The summed E-state index contributed by atoms with van der Waals surface area (Å²) in [4.78, 5) is 0. The van der Waals surface area contributed by atoms with E-state index < -0.39 is 11.4 Å². The Bertz CT molecular complexity index is 87.1. The molecule has 0 aromatic carbocycles. The molecule has 2 nitrogen and oxygen atoms in total. The molecule has 0 radical (unpaired) electrons. The van der Waals surface area contributed by atoms with E-state index in [1.807, 2.05) is 13.8 Å². The first-order valence-corrected chi connectivity index (χ1v) is 4.21. The number of rotatable bonds is 4. The van der Waals surface area contributed by atoms with Gasteiger partial charge in [-0.05, 0) is 19.9 Å². The normalized spacial score (nSPS) is 16.8. The second kappa shape index (κ2) is 4.85. The topological polar surface area (TPSA) is 35.1 Å². The second-order valence-corrected chi connectivity index (χ2v) is 3.06. The van der Waals surface area contributed by atoms with E-state index in [1.165, 1.54) is 5.41 Å². The number of hydrogen-bond donors (Lipinski definition) is 1. The van der Waals surface area contributed by atoms with E-state index in [0.29, 0.717) is 6.04 Å². The van der Waals surface area contributed by atoms with Crippen LogP contribution in [-0.4, -0.2) is 10.6 Å². The van der Waals surface area contributed by atoms with Crippen LogP contribution in [0.5, 0.6) is 0 Å². The average molecular weight is 147 g/mol. The van der Waals surface area contributed by atoms with Crippen LogP contribution in [0.2, 0.25) is 0 Å². The van der Waals surface area contributed by atoms with Crippen LogP contribution in [0.15, 0.2) is 12.0 Å². The van der Waals surface area contributed by atoms with Gasteiger partial charge in [0.1, 0.15) is 5.41 Å². The molecule has 9 heavy (non-hydrogen) atoms. The second-order valence-electron chi connectivity index (χ2n) is 1.89. The number of nitrogens with one attached hydrogen (secondary N) is 1. The first-order chi connectivity index (χ1) is 4.20. The van der Waals surface area contributed by atoms with Crippen LogP contribution in [0.25, 0.3) is 0 Å². The van der Waals surface area contributed by atoms with Crippen LogP contribution >= 0.6 is 0 Å². The van der Waals surface area contributed by atoms with Gasteiger partial charge in [0.05, 0.1) is 11.4 Å². The molecule has 0 fully saturated rings. The Morgan fingerprint density at radius 3 is 2.78 bits per heavy atom. The molecule has 3 heteroatoms.